The van der Waals surface area contributed by atoms with Crippen LogP contribution in [0.3, 0.4) is 0 Å². The normalized spacial score (nSPS) is 16.0. The van der Waals surface area contributed by atoms with Crippen molar-refractivity contribution in [3.8, 4) is 17.2 Å². The molecule has 1 amide bonds. The number of ether oxygens (including phenoxy) is 3. The van der Waals surface area contributed by atoms with E-state index in [2.05, 4.69) is 17.0 Å². The van der Waals surface area contributed by atoms with Crippen LogP contribution in [0.5, 0.6) is 17.2 Å². The van der Waals surface area contributed by atoms with Gasteiger partial charge in [0.15, 0.2) is 11.5 Å². The van der Waals surface area contributed by atoms with Crippen molar-refractivity contribution in [3.63, 3.8) is 0 Å². The minimum Gasteiger partial charge on any atom is -0.497 e. The maximum absolute atomic E-state index is 12.6. The molecule has 0 atom stereocenters. The van der Waals surface area contributed by atoms with Crippen LogP contribution in [0.25, 0.3) is 0 Å². The van der Waals surface area contributed by atoms with Crippen molar-refractivity contribution >= 4 is 11.6 Å². The number of piperazine rings is 1. The molecule has 0 bridgehead atoms. The number of benzene rings is 2. The highest BCUT2D eigenvalue weighted by Gasteiger charge is 2.21. The fourth-order valence-corrected chi connectivity index (χ4v) is 3.66. The summed E-state index contributed by atoms with van der Waals surface area (Å²) in [5, 5.41) is 0. The molecule has 28 heavy (non-hydrogen) atoms. The van der Waals surface area contributed by atoms with Crippen LogP contribution >= 0.6 is 0 Å². The van der Waals surface area contributed by atoms with Gasteiger partial charge in [0.1, 0.15) is 19.0 Å². The molecule has 2 aliphatic rings. The van der Waals surface area contributed by atoms with Crippen molar-refractivity contribution in [3.05, 3.63) is 48.0 Å². The van der Waals surface area contributed by atoms with Crippen molar-refractivity contribution in [1.82, 2.24) is 4.90 Å². The predicted octanol–water partition coefficient (Wildman–Crippen LogP) is 2.75. The molecule has 6 nitrogen and oxygen atoms in total. The third-order valence-electron chi connectivity index (χ3n) is 5.30. The van der Waals surface area contributed by atoms with Crippen molar-refractivity contribution in [1.29, 1.82) is 0 Å². The number of hydrogen-bond donors (Lipinski definition) is 0. The smallest absolute Gasteiger partial charge is 0.223 e. The Hall–Kier alpha value is -2.89. The summed E-state index contributed by atoms with van der Waals surface area (Å²) in [6.45, 7) is 4.38. The van der Waals surface area contributed by atoms with Crippen LogP contribution < -0.4 is 19.1 Å². The van der Waals surface area contributed by atoms with E-state index in [1.165, 1.54) is 5.69 Å². The van der Waals surface area contributed by atoms with Gasteiger partial charge >= 0.3 is 0 Å². The number of fused-ring (bicyclic) bond motifs is 1. The maximum Gasteiger partial charge on any atom is 0.223 e. The molecule has 148 valence electrons. The molecule has 0 aliphatic carbocycles. The molecule has 2 aromatic rings. The van der Waals surface area contributed by atoms with E-state index >= 15 is 0 Å². The van der Waals surface area contributed by atoms with Crippen LogP contribution in [-0.2, 0) is 11.2 Å². The average molecular weight is 382 g/mol. The van der Waals surface area contributed by atoms with Crippen LogP contribution in [0.1, 0.15) is 12.0 Å². The molecule has 2 aliphatic heterocycles. The summed E-state index contributed by atoms with van der Waals surface area (Å²) >= 11 is 0. The summed E-state index contributed by atoms with van der Waals surface area (Å²) in [4.78, 5) is 16.9. The summed E-state index contributed by atoms with van der Waals surface area (Å²) in [6.07, 6.45) is 1.23. The van der Waals surface area contributed by atoms with Gasteiger partial charge in [0.05, 0.1) is 7.11 Å². The first-order valence-corrected chi connectivity index (χ1v) is 9.78. The lowest BCUT2D eigenvalue weighted by Gasteiger charge is -2.36. The Kier molecular flexibility index (Phi) is 5.55. The first kappa shape index (κ1) is 18.5. The number of anilines is 1. The van der Waals surface area contributed by atoms with Crippen molar-refractivity contribution in [2.45, 2.75) is 12.8 Å². The Morgan fingerprint density at radius 2 is 1.68 bits per heavy atom. The lowest BCUT2D eigenvalue weighted by Crippen LogP contribution is -2.48. The van der Waals surface area contributed by atoms with Gasteiger partial charge in [-0.2, -0.15) is 0 Å². The molecule has 2 heterocycles. The zero-order chi connectivity index (χ0) is 19.3. The summed E-state index contributed by atoms with van der Waals surface area (Å²) in [7, 11) is 1.67. The van der Waals surface area contributed by atoms with Gasteiger partial charge in [-0.1, -0.05) is 6.07 Å². The molecule has 6 heteroatoms. The first-order chi connectivity index (χ1) is 13.7. The number of amides is 1. The van der Waals surface area contributed by atoms with E-state index in [0.29, 0.717) is 26.1 Å². The van der Waals surface area contributed by atoms with Gasteiger partial charge in [-0.25, -0.2) is 0 Å². The number of carbonyl (C=O) groups is 1. The molecule has 0 N–H and O–H groups in total. The quantitative estimate of drug-likeness (QED) is 0.796. The highest BCUT2D eigenvalue weighted by Crippen LogP contribution is 2.31. The molecular weight excluding hydrogens is 356 g/mol. The van der Waals surface area contributed by atoms with Crippen molar-refractivity contribution < 1.29 is 19.0 Å². The molecule has 0 unspecified atom stereocenters. The fraction of sp³-hybridized carbons (Fsp3) is 0.409. The van der Waals surface area contributed by atoms with Gasteiger partial charge < -0.3 is 24.0 Å². The van der Waals surface area contributed by atoms with E-state index in [1.807, 2.05) is 35.2 Å². The summed E-state index contributed by atoms with van der Waals surface area (Å²) < 4.78 is 16.4. The molecule has 2 aromatic carbocycles. The minimum atomic E-state index is 0.212. The molecule has 0 aromatic heterocycles. The zero-order valence-corrected chi connectivity index (χ0v) is 16.2. The Balaban J connectivity index is 1.27. The standard InChI is InChI=1S/C22H26N2O4/c1-26-19-6-4-18(5-7-19)23-10-12-24(13-11-23)22(25)9-3-17-2-8-20-21(16-17)28-15-14-27-20/h2,4-8,16H,3,9-15H2,1H3. The second kappa shape index (κ2) is 8.42. The lowest BCUT2D eigenvalue weighted by molar-refractivity contribution is -0.131. The van der Waals surface area contributed by atoms with Gasteiger partial charge in [0, 0.05) is 38.3 Å². The van der Waals surface area contributed by atoms with E-state index in [-0.39, 0.29) is 5.91 Å². The SMILES string of the molecule is COc1ccc(N2CCN(C(=O)CCc3ccc4c(c3)OCCO4)CC2)cc1. The first-order valence-electron chi connectivity index (χ1n) is 9.78. The lowest BCUT2D eigenvalue weighted by atomic mass is 10.1. The summed E-state index contributed by atoms with van der Waals surface area (Å²) in [5.41, 5.74) is 2.28. The van der Waals surface area contributed by atoms with Crippen LogP contribution in [0.4, 0.5) is 5.69 Å². The zero-order valence-electron chi connectivity index (χ0n) is 16.2. The van der Waals surface area contributed by atoms with Crippen LogP contribution in [0.15, 0.2) is 42.5 Å². The maximum atomic E-state index is 12.6. The Morgan fingerprint density at radius 1 is 0.964 bits per heavy atom. The van der Waals surface area contributed by atoms with Gasteiger partial charge in [0.2, 0.25) is 5.91 Å². The van der Waals surface area contributed by atoms with Crippen molar-refractivity contribution in [2.24, 2.45) is 0 Å². The van der Waals surface area contributed by atoms with E-state index in [1.54, 1.807) is 7.11 Å². The van der Waals surface area contributed by atoms with E-state index in [4.69, 9.17) is 14.2 Å². The van der Waals surface area contributed by atoms with Crippen LogP contribution in [0, 0.1) is 0 Å². The molecule has 1 fully saturated rings. The second-order valence-corrected chi connectivity index (χ2v) is 7.04. The number of aryl methyl sites for hydroxylation is 1. The van der Waals surface area contributed by atoms with Gasteiger partial charge in [-0.15, -0.1) is 0 Å². The molecule has 0 radical (unpaired) electrons. The second-order valence-electron chi connectivity index (χ2n) is 7.04. The summed E-state index contributed by atoms with van der Waals surface area (Å²) in [5.74, 6) is 2.64. The monoisotopic (exact) mass is 382 g/mol. The van der Waals surface area contributed by atoms with Gasteiger partial charge in [0.25, 0.3) is 0 Å². The highest BCUT2D eigenvalue weighted by atomic mass is 16.6. The minimum absolute atomic E-state index is 0.212. The molecule has 1 saturated heterocycles. The van der Waals surface area contributed by atoms with Crippen LogP contribution in [-0.4, -0.2) is 57.3 Å². The molecule has 0 saturated carbocycles. The Labute approximate surface area is 165 Å². The van der Waals surface area contributed by atoms with E-state index in [9.17, 15) is 4.79 Å². The average Bonchev–Trinajstić information content (AvgIpc) is 2.77. The third-order valence-corrected chi connectivity index (χ3v) is 5.30. The predicted molar refractivity (Wildman–Crippen MR) is 108 cm³/mol. The highest BCUT2D eigenvalue weighted by molar-refractivity contribution is 5.77. The van der Waals surface area contributed by atoms with Gasteiger partial charge in [-0.3, -0.25) is 4.79 Å². The molecule has 0 spiro atoms. The van der Waals surface area contributed by atoms with Crippen molar-refractivity contribution in [2.75, 3.05) is 51.4 Å². The van der Waals surface area contributed by atoms with E-state index < -0.39 is 0 Å². The topological polar surface area (TPSA) is 51.2 Å². The van der Waals surface area contributed by atoms with E-state index in [0.717, 1.165) is 49.0 Å². The Bertz CT molecular complexity index is 814. The van der Waals surface area contributed by atoms with Gasteiger partial charge in [-0.05, 0) is 48.4 Å². The third kappa shape index (κ3) is 4.16. The number of hydrogen-bond acceptors (Lipinski definition) is 5. The number of methoxy groups -OCH3 is 1. The molecule has 4 rings (SSSR count). The number of nitrogens with zero attached hydrogens (tertiary/aromatic N) is 2. The largest absolute Gasteiger partial charge is 0.497 e. The number of rotatable bonds is 5. The number of carbonyl (C=O) groups excluding carboxylic acids is 1. The van der Waals surface area contributed by atoms with Crippen LogP contribution in [0.2, 0.25) is 0 Å². The Morgan fingerprint density at radius 3 is 2.39 bits per heavy atom. The fourth-order valence-electron chi connectivity index (χ4n) is 3.66. The molecular formula is C22H26N2O4. The summed E-state index contributed by atoms with van der Waals surface area (Å²) in [6, 6.07) is 14.0.